The van der Waals surface area contributed by atoms with Crippen LogP contribution in [-0.4, -0.2) is 25.0 Å². The Labute approximate surface area is 119 Å². The van der Waals surface area contributed by atoms with E-state index in [1.807, 2.05) is 13.8 Å². The van der Waals surface area contributed by atoms with Gasteiger partial charge in [0.15, 0.2) is 5.41 Å². The number of amidine groups is 1. The summed E-state index contributed by atoms with van der Waals surface area (Å²) in [5.74, 6) is -1.33. The van der Waals surface area contributed by atoms with Gasteiger partial charge in [-0.05, 0) is 20.3 Å². The first-order valence-electron chi connectivity index (χ1n) is 6.89. The number of hydrogen-bond donors (Lipinski definition) is 1. The van der Waals surface area contributed by atoms with Gasteiger partial charge in [0.1, 0.15) is 11.3 Å². The predicted octanol–water partition coefficient (Wildman–Crippen LogP) is 1.53. The first kappa shape index (κ1) is 14.8. The summed E-state index contributed by atoms with van der Waals surface area (Å²) in [5, 5.41) is 19.5. The van der Waals surface area contributed by atoms with E-state index < -0.39 is 22.2 Å². The summed E-state index contributed by atoms with van der Waals surface area (Å²) < 4.78 is 11.4. The van der Waals surface area contributed by atoms with Gasteiger partial charge in [-0.15, -0.1) is 0 Å². The molecule has 6 nitrogen and oxygen atoms in total. The molecule has 108 valence electrons. The molecule has 0 saturated heterocycles. The lowest BCUT2D eigenvalue weighted by Crippen LogP contribution is -2.45. The van der Waals surface area contributed by atoms with E-state index in [1.165, 1.54) is 0 Å². The van der Waals surface area contributed by atoms with Crippen molar-refractivity contribution in [1.29, 1.82) is 10.5 Å². The van der Waals surface area contributed by atoms with Gasteiger partial charge in [-0.25, -0.2) is 4.99 Å². The van der Waals surface area contributed by atoms with Gasteiger partial charge in [-0.3, -0.25) is 0 Å². The molecule has 2 N–H and O–H groups in total. The van der Waals surface area contributed by atoms with Gasteiger partial charge in [-0.2, -0.15) is 10.5 Å². The molecule has 1 heterocycles. The molecule has 0 spiro atoms. The first-order valence-corrected chi connectivity index (χ1v) is 6.89. The fourth-order valence-corrected chi connectivity index (χ4v) is 3.96. The molecule has 0 aromatic rings. The Balaban J connectivity index is 2.71. The van der Waals surface area contributed by atoms with Crippen LogP contribution < -0.4 is 5.73 Å². The number of nitrogens with two attached hydrogens (primary N) is 1. The maximum absolute atomic E-state index is 9.85. The molecule has 0 aromatic heterocycles. The second-order valence-electron chi connectivity index (χ2n) is 5.35. The molecule has 1 aliphatic heterocycles. The van der Waals surface area contributed by atoms with Crippen LogP contribution in [0.4, 0.5) is 0 Å². The quantitative estimate of drug-likeness (QED) is 0.767. The van der Waals surface area contributed by atoms with Crippen molar-refractivity contribution in [3.8, 4) is 12.1 Å². The van der Waals surface area contributed by atoms with Crippen LogP contribution in [0.2, 0.25) is 0 Å². The van der Waals surface area contributed by atoms with Crippen LogP contribution in [0.1, 0.15) is 34.1 Å². The molecule has 0 radical (unpaired) electrons. The van der Waals surface area contributed by atoms with Gasteiger partial charge in [0.2, 0.25) is 0 Å². The van der Waals surface area contributed by atoms with Crippen LogP contribution in [0.15, 0.2) is 4.99 Å². The van der Waals surface area contributed by atoms with E-state index in [-0.39, 0.29) is 5.84 Å². The minimum atomic E-state index is -1.48. The summed E-state index contributed by atoms with van der Waals surface area (Å²) in [7, 11) is 0. The van der Waals surface area contributed by atoms with E-state index >= 15 is 0 Å². The van der Waals surface area contributed by atoms with Crippen molar-refractivity contribution >= 4 is 5.84 Å². The second-order valence-corrected chi connectivity index (χ2v) is 5.35. The lowest BCUT2D eigenvalue weighted by atomic mass is 9.89. The zero-order chi connectivity index (χ0) is 15.2. The molecule has 20 heavy (non-hydrogen) atoms. The molecule has 2 rings (SSSR count). The fraction of sp³-hybridized carbons (Fsp3) is 0.786. The Hall–Kier alpha value is -1.63. The summed E-state index contributed by atoms with van der Waals surface area (Å²) in [6.45, 7) is 8.06. The third-order valence-corrected chi connectivity index (χ3v) is 5.00. The summed E-state index contributed by atoms with van der Waals surface area (Å²) in [5.41, 5.74) is 3.09. The maximum Gasteiger partial charge on any atom is 0.293 e. The van der Waals surface area contributed by atoms with Crippen LogP contribution in [0.5, 0.6) is 0 Å². The molecule has 1 saturated carbocycles. The highest BCUT2D eigenvalue weighted by atomic mass is 16.7. The number of hydrogen-bond acceptors (Lipinski definition) is 6. The standard InChI is InChI=1S/C14H20N4O2/c1-5-11(4)12(8-15)10(17)18-14(19-6-2,20-7-3)13(11,12)9-16/h5-7H2,1-4H3,(H2,17,18)/t11-,12-,13+/m0/s1. The molecule has 0 aromatic carbocycles. The molecular formula is C14H20N4O2. The van der Waals surface area contributed by atoms with Gasteiger partial charge in [-0.1, -0.05) is 13.8 Å². The van der Waals surface area contributed by atoms with Crippen molar-refractivity contribution in [2.75, 3.05) is 13.2 Å². The smallest absolute Gasteiger partial charge is 0.293 e. The van der Waals surface area contributed by atoms with E-state index in [9.17, 15) is 10.5 Å². The maximum atomic E-state index is 9.85. The van der Waals surface area contributed by atoms with Gasteiger partial charge < -0.3 is 15.2 Å². The lowest BCUT2D eigenvalue weighted by molar-refractivity contribution is -0.260. The molecule has 1 aliphatic carbocycles. The van der Waals surface area contributed by atoms with Crippen molar-refractivity contribution in [3.05, 3.63) is 0 Å². The average molecular weight is 276 g/mol. The van der Waals surface area contributed by atoms with Crippen molar-refractivity contribution in [2.24, 2.45) is 27.0 Å². The van der Waals surface area contributed by atoms with Crippen molar-refractivity contribution < 1.29 is 9.47 Å². The third-order valence-electron chi connectivity index (χ3n) is 5.00. The molecule has 2 aliphatic rings. The highest BCUT2D eigenvalue weighted by molar-refractivity contribution is 6.00. The van der Waals surface area contributed by atoms with Gasteiger partial charge in [0, 0.05) is 18.6 Å². The molecule has 3 atom stereocenters. The van der Waals surface area contributed by atoms with Crippen molar-refractivity contribution in [3.63, 3.8) is 0 Å². The molecule has 6 heteroatoms. The summed E-state index contributed by atoms with van der Waals surface area (Å²) in [4.78, 5) is 4.26. The number of ether oxygens (including phenoxy) is 2. The Morgan fingerprint density at radius 1 is 1.15 bits per heavy atom. The highest BCUT2D eigenvalue weighted by Gasteiger charge is 2.98. The topological polar surface area (TPSA) is 104 Å². The minimum Gasteiger partial charge on any atom is -0.386 e. The monoisotopic (exact) mass is 276 g/mol. The Kier molecular flexibility index (Phi) is 3.09. The Morgan fingerprint density at radius 3 is 2.00 bits per heavy atom. The number of aliphatic imine (C=N–C) groups is 1. The van der Waals surface area contributed by atoms with E-state index in [2.05, 4.69) is 17.1 Å². The zero-order valence-corrected chi connectivity index (χ0v) is 12.4. The molecule has 0 bridgehead atoms. The van der Waals surface area contributed by atoms with Crippen LogP contribution in [0.25, 0.3) is 0 Å². The number of fused-ring (bicyclic) bond motifs is 1. The zero-order valence-electron chi connectivity index (χ0n) is 12.4. The molecule has 1 fully saturated rings. The van der Waals surface area contributed by atoms with Crippen LogP contribution in [0.3, 0.4) is 0 Å². The summed E-state index contributed by atoms with van der Waals surface area (Å²) in [6.07, 6.45) is 0.617. The number of rotatable bonds is 5. The van der Waals surface area contributed by atoms with E-state index in [1.54, 1.807) is 13.8 Å². The van der Waals surface area contributed by atoms with Crippen LogP contribution in [0, 0.1) is 38.9 Å². The summed E-state index contributed by atoms with van der Waals surface area (Å²) >= 11 is 0. The van der Waals surface area contributed by atoms with Crippen molar-refractivity contribution in [2.45, 2.75) is 40.0 Å². The van der Waals surface area contributed by atoms with E-state index in [4.69, 9.17) is 15.2 Å². The predicted molar refractivity (Wildman–Crippen MR) is 72.1 cm³/mol. The van der Waals surface area contributed by atoms with Crippen LogP contribution >= 0.6 is 0 Å². The van der Waals surface area contributed by atoms with E-state index in [0.29, 0.717) is 19.6 Å². The Morgan fingerprint density at radius 2 is 1.70 bits per heavy atom. The fourth-order valence-electron chi connectivity index (χ4n) is 3.96. The average Bonchev–Trinajstić information content (AvgIpc) is 2.85. The molecule has 0 unspecified atom stereocenters. The van der Waals surface area contributed by atoms with Crippen LogP contribution in [-0.2, 0) is 9.47 Å². The van der Waals surface area contributed by atoms with E-state index in [0.717, 1.165) is 0 Å². The third kappa shape index (κ3) is 1.06. The highest BCUT2D eigenvalue weighted by Crippen LogP contribution is 2.86. The van der Waals surface area contributed by atoms with Gasteiger partial charge in [0.05, 0.1) is 12.1 Å². The SMILES string of the molecule is CCOC1(OCC)N=C(N)[C@@]2(C#N)[C@](C)(CC)[C@@]12C#N. The Bertz CT molecular complexity index is 540. The number of nitriles is 2. The molecular weight excluding hydrogens is 256 g/mol. The van der Waals surface area contributed by atoms with Gasteiger partial charge in [0.25, 0.3) is 5.91 Å². The first-order chi connectivity index (χ1) is 9.43. The molecule has 0 amide bonds. The minimum absolute atomic E-state index is 0.146. The van der Waals surface area contributed by atoms with Crippen molar-refractivity contribution in [1.82, 2.24) is 0 Å². The number of nitrogens with zero attached hydrogens (tertiary/aromatic N) is 3. The summed E-state index contributed by atoms with van der Waals surface area (Å²) in [6, 6.07) is 4.50. The second kappa shape index (κ2) is 4.18. The van der Waals surface area contributed by atoms with Gasteiger partial charge >= 0.3 is 0 Å². The normalized spacial score (nSPS) is 40.4. The lowest BCUT2D eigenvalue weighted by Gasteiger charge is -2.33. The largest absolute Gasteiger partial charge is 0.386 e.